The van der Waals surface area contributed by atoms with Crippen LogP contribution in [0.15, 0.2) is 12.1 Å². The molecule has 1 amide bonds. The fourth-order valence-electron chi connectivity index (χ4n) is 1.76. The van der Waals surface area contributed by atoms with E-state index in [2.05, 4.69) is 0 Å². The lowest BCUT2D eigenvalue weighted by Gasteiger charge is -2.24. The van der Waals surface area contributed by atoms with Crippen molar-refractivity contribution in [3.8, 4) is 0 Å². The fourth-order valence-corrected chi connectivity index (χ4v) is 4.07. The highest BCUT2D eigenvalue weighted by Gasteiger charge is 2.34. The Morgan fingerprint density at radius 1 is 1.59 bits per heavy atom. The molecular weight excluding hydrogens is 258 g/mol. The Morgan fingerprint density at radius 2 is 2.35 bits per heavy atom. The van der Waals surface area contributed by atoms with Gasteiger partial charge < -0.3 is 15.1 Å². The minimum atomic E-state index is -0.860. The molecule has 4 nitrogen and oxygen atoms in total. The van der Waals surface area contributed by atoms with Crippen molar-refractivity contribution in [2.75, 3.05) is 18.9 Å². The molecule has 0 aromatic carbocycles. The minimum absolute atomic E-state index is 0.0117. The van der Waals surface area contributed by atoms with E-state index in [9.17, 15) is 9.90 Å². The van der Waals surface area contributed by atoms with Gasteiger partial charge in [0, 0.05) is 9.75 Å². The summed E-state index contributed by atoms with van der Waals surface area (Å²) in [5.41, 5.74) is 0. The predicted octanol–water partition coefficient (Wildman–Crippen LogP) is 0.984. The van der Waals surface area contributed by atoms with Crippen molar-refractivity contribution in [2.45, 2.75) is 18.4 Å². The second-order valence-corrected chi connectivity index (χ2v) is 6.38. The number of rotatable bonds is 4. The van der Waals surface area contributed by atoms with Crippen molar-refractivity contribution < 1.29 is 15.0 Å². The lowest BCUT2D eigenvalue weighted by Crippen LogP contribution is -2.36. The first-order valence-corrected chi connectivity index (χ1v) is 7.24. The standard InChI is InChI=1S/C11H15NO3S2/c1-7-2-3-9(17-7)11-12(4-8(14)5-13)10(15)6-16-11/h2-3,8,11,13-14H,4-6H2,1H3/t8-,11?/m0/s1. The van der Waals surface area contributed by atoms with Crippen LogP contribution in [0.3, 0.4) is 0 Å². The molecule has 0 radical (unpaired) electrons. The van der Waals surface area contributed by atoms with E-state index in [0.29, 0.717) is 5.75 Å². The van der Waals surface area contributed by atoms with Crippen LogP contribution in [-0.4, -0.2) is 46.0 Å². The van der Waals surface area contributed by atoms with Gasteiger partial charge in [-0.3, -0.25) is 4.79 Å². The lowest BCUT2D eigenvalue weighted by atomic mass is 10.3. The summed E-state index contributed by atoms with van der Waals surface area (Å²) in [5.74, 6) is 0.471. The SMILES string of the molecule is Cc1ccc(C2SCC(=O)N2C[C@H](O)CO)s1. The first kappa shape index (κ1) is 12.9. The fraction of sp³-hybridized carbons (Fsp3) is 0.545. The van der Waals surface area contributed by atoms with E-state index < -0.39 is 6.10 Å². The summed E-state index contributed by atoms with van der Waals surface area (Å²) < 4.78 is 0. The number of nitrogens with zero attached hydrogens (tertiary/aromatic N) is 1. The zero-order valence-corrected chi connectivity index (χ0v) is 11.1. The van der Waals surface area contributed by atoms with Crippen LogP contribution in [0.5, 0.6) is 0 Å². The third-order valence-corrected chi connectivity index (χ3v) is 5.03. The van der Waals surface area contributed by atoms with Crippen molar-refractivity contribution in [1.29, 1.82) is 0 Å². The van der Waals surface area contributed by atoms with Gasteiger partial charge >= 0.3 is 0 Å². The van der Waals surface area contributed by atoms with Crippen LogP contribution >= 0.6 is 23.1 Å². The molecular formula is C11H15NO3S2. The molecule has 0 bridgehead atoms. The van der Waals surface area contributed by atoms with Crippen LogP contribution in [-0.2, 0) is 4.79 Å². The molecule has 1 aliphatic heterocycles. The van der Waals surface area contributed by atoms with Crippen molar-refractivity contribution >= 4 is 29.0 Å². The van der Waals surface area contributed by atoms with E-state index in [-0.39, 0.29) is 24.4 Å². The molecule has 17 heavy (non-hydrogen) atoms. The first-order valence-electron chi connectivity index (χ1n) is 5.38. The number of β-amino-alcohol motifs (C(OH)–C–C–N with tert-alkyl or cyclic N) is 1. The Hall–Kier alpha value is -0.560. The normalized spacial score (nSPS) is 22.2. The summed E-state index contributed by atoms with van der Waals surface area (Å²) in [6, 6.07) is 4.05. The highest BCUT2D eigenvalue weighted by Crippen LogP contribution is 2.41. The van der Waals surface area contributed by atoms with Crippen molar-refractivity contribution in [3.05, 3.63) is 21.9 Å². The average molecular weight is 273 g/mol. The number of thiophene rings is 1. The summed E-state index contributed by atoms with van der Waals surface area (Å²) in [5, 5.41) is 18.3. The van der Waals surface area contributed by atoms with E-state index in [1.165, 1.54) is 4.88 Å². The molecule has 1 aromatic heterocycles. The molecule has 0 spiro atoms. The maximum absolute atomic E-state index is 11.7. The van der Waals surface area contributed by atoms with Crippen LogP contribution in [0.4, 0.5) is 0 Å². The van der Waals surface area contributed by atoms with Crippen LogP contribution < -0.4 is 0 Å². The highest BCUT2D eigenvalue weighted by molar-refractivity contribution is 8.00. The summed E-state index contributed by atoms with van der Waals surface area (Å²) >= 11 is 3.24. The van der Waals surface area contributed by atoms with Gasteiger partial charge in [-0.05, 0) is 19.1 Å². The van der Waals surface area contributed by atoms with E-state index in [1.54, 1.807) is 28.0 Å². The number of carbonyl (C=O) groups excluding carboxylic acids is 1. The number of thioether (sulfide) groups is 1. The Balaban J connectivity index is 2.13. The topological polar surface area (TPSA) is 60.8 Å². The number of hydrogen-bond acceptors (Lipinski definition) is 5. The largest absolute Gasteiger partial charge is 0.394 e. The zero-order valence-electron chi connectivity index (χ0n) is 9.50. The molecule has 2 N–H and O–H groups in total. The van der Waals surface area contributed by atoms with E-state index in [0.717, 1.165) is 4.88 Å². The summed E-state index contributed by atoms with van der Waals surface area (Å²) in [7, 11) is 0. The van der Waals surface area contributed by atoms with Crippen molar-refractivity contribution in [1.82, 2.24) is 4.90 Å². The van der Waals surface area contributed by atoms with Gasteiger partial charge in [-0.15, -0.1) is 23.1 Å². The molecule has 6 heteroatoms. The van der Waals surface area contributed by atoms with E-state index in [4.69, 9.17) is 5.11 Å². The van der Waals surface area contributed by atoms with E-state index >= 15 is 0 Å². The Labute approximate surface area is 108 Å². The Bertz CT molecular complexity index is 407. The van der Waals surface area contributed by atoms with Gasteiger partial charge in [0.05, 0.1) is 25.0 Å². The van der Waals surface area contributed by atoms with Gasteiger partial charge in [0.1, 0.15) is 5.37 Å². The molecule has 2 atom stereocenters. The summed E-state index contributed by atoms with van der Waals surface area (Å²) in [4.78, 5) is 15.7. The number of aryl methyl sites for hydroxylation is 1. The number of aliphatic hydroxyl groups excluding tert-OH is 2. The van der Waals surface area contributed by atoms with Crippen LogP contribution in [0.2, 0.25) is 0 Å². The van der Waals surface area contributed by atoms with Gasteiger partial charge in [0.25, 0.3) is 0 Å². The Morgan fingerprint density at radius 3 is 2.94 bits per heavy atom. The second kappa shape index (κ2) is 5.39. The first-order chi connectivity index (χ1) is 8.11. The molecule has 2 heterocycles. The second-order valence-electron chi connectivity index (χ2n) is 3.99. The monoisotopic (exact) mass is 273 g/mol. The smallest absolute Gasteiger partial charge is 0.233 e. The number of amides is 1. The third-order valence-electron chi connectivity index (χ3n) is 2.59. The predicted molar refractivity (Wildman–Crippen MR) is 69.1 cm³/mol. The maximum atomic E-state index is 11.7. The van der Waals surface area contributed by atoms with Crippen molar-refractivity contribution in [3.63, 3.8) is 0 Å². The van der Waals surface area contributed by atoms with Gasteiger partial charge in [-0.1, -0.05) is 0 Å². The number of carbonyl (C=O) groups is 1. The number of hydrogen-bond donors (Lipinski definition) is 2. The average Bonchev–Trinajstić information content (AvgIpc) is 2.87. The molecule has 1 saturated heterocycles. The molecule has 2 rings (SSSR count). The third kappa shape index (κ3) is 2.82. The van der Waals surface area contributed by atoms with E-state index in [1.807, 2.05) is 19.1 Å². The molecule has 1 aliphatic rings. The Kier molecular flexibility index (Phi) is 4.09. The minimum Gasteiger partial charge on any atom is -0.394 e. The molecule has 94 valence electrons. The molecule has 0 saturated carbocycles. The molecule has 0 aliphatic carbocycles. The lowest BCUT2D eigenvalue weighted by molar-refractivity contribution is -0.129. The van der Waals surface area contributed by atoms with Gasteiger partial charge in [0.15, 0.2) is 0 Å². The zero-order chi connectivity index (χ0) is 12.4. The van der Waals surface area contributed by atoms with Crippen LogP contribution in [0.1, 0.15) is 15.1 Å². The highest BCUT2D eigenvalue weighted by atomic mass is 32.2. The van der Waals surface area contributed by atoms with Crippen molar-refractivity contribution in [2.24, 2.45) is 0 Å². The molecule has 1 fully saturated rings. The summed E-state index contributed by atoms with van der Waals surface area (Å²) in [6.07, 6.45) is -0.860. The van der Waals surface area contributed by atoms with Crippen LogP contribution in [0.25, 0.3) is 0 Å². The molecule has 1 aromatic rings. The van der Waals surface area contributed by atoms with Crippen LogP contribution in [0, 0.1) is 6.92 Å². The summed E-state index contributed by atoms with van der Waals surface area (Å²) in [6.45, 7) is 1.91. The maximum Gasteiger partial charge on any atom is 0.233 e. The quantitative estimate of drug-likeness (QED) is 0.858. The van der Waals surface area contributed by atoms with Gasteiger partial charge in [-0.25, -0.2) is 0 Å². The molecule has 1 unspecified atom stereocenters. The van der Waals surface area contributed by atoms with Gasteiger partial charge in [-0.2, -0.15) is 0 Å². The number of aliphatic hydroxyl groups is 2. The van der Waals surface area contributed by atoms with Gasteiger partial charge in [0.2, 0.25) is 5.91 Å².